The van der Waals surface area contributed by atoms with Crippen LogP contribution in [0.25, 0.3) is 0 Å². The molecule has 1 N–H and O–H groups in total. The number of carbonyl (C=O) groups is 1. The second-order valence-corrected chi connectivity index (χ2v) is 6.29. The Morgan fingerprint density at radius 2 is 2.14 bits per heavy atom. The van der Waals surface area contributed by atoms with E-state index in [1.807, 2.05) is 45.0 Å². The van der Waals surface area contributed by atoms with Gasteiger partial charge >= 0.3 is 0 Å². The Balaban J connectivity index is 1.96. The summed E-state index contributed by atoms with van der Waals surface area (Å²) in [6, 6.07) is 9.85. The van der Waals surface area contributed by atoms with Gasteiger partial charge in [0.2, 0.25) is 5.91 Å². The second-order valence-electron chi connectivity index (χ2n) is 5.09. The summed E-state index contributed by atoms with van der Waals surface area (Å²) < 4.78 is 5.31. The van der Waals surface area contributed by atoms with Crippen LogP contribution in [0.1, 0.15) is 30.2 Å². The van der Waals surface area contributed by atoms with Crippen LogP contribution in [0.15, 0.2) is 41.0 Å². The zero-order valence-corrected chi connectivity index (χ0v) is 13.5. The summed E-state index contributed by atoms with van der Waals surface area (Å²) in [6.45, 7) is 6.09. The van der Waals surface area contributed by atoms with Crippen LogP contribution >= 0.6 is 11.8 Å². The Morgan fingerprint density at radius 3 is 2.76 bits per heavy atom. The molecule has 3 nitrogen and oxygen atoms in total. The maximum atomic E-state index is 12.4. The topological polar surface area (TPSA) is 42.2 Å². The largest absolute Gasteiger partial charge is 0.468 e. The van der Waals surface area contributed by atoms with Gasteiger partial charge in [-0.3, -0.25) is 4.79 Å². The number of thioether (sulfide) groups is 1. The van der Waals surface area contributed by atoms with Crippen molar-refractivity contribution in [3.63, 3.8) is 0 Å². The van der Waals surface area contributed by atoms with Gasteiger partial charge in [-0.25, -0.2) is 0 Å². The predicted molar refractivity (Wildman–Crippen MR) is 88.6 cm³/mol. The van der Waals surface area contributed by atoms with Crippen LogP contribution in [0, 0.1) is 13.8 Å². The van der Waals surface area contributed by atoms with E-state index in [0.29, 0.717) is 5.75 Å². The number of amides is 1. The minimum atomic E-state index is -0.0733. The van der Waals surface area contributed by atoms with E-state index in [0.717, 1.165) is 23.4 Å². The fourth-order valence-corrected chi connectivity index (χ4v) is 3.10. The lowest BCUT2D eigenvalue weighted by Crippen LogP contribution is -2.25. The SMILES string of the molecule is CCC(SCc1ccco1)C(=O)Nc1ccc(C)cc1C. The molecule has 1 atom stereocenters. The molecular weight excluding hydrogens is 282 g/mol. The molecule has 2 rings (SSSR count). The molecular formula is C17H21NO2S. The Bertz CT molecular complexity index is 593. The summed E-state index contributed by atoms with van der Waals surface area (Å²) in [7, 11) is 0. The van der Waals surface area contributed by atoms with Gasteiger partial charge in [0.1, 0.15) is 5.76 Å². The van der Waals surface area contributed by atoms with E-state index in [4.69, 9.17) is 4.42 Å². The number of rotatable bonds is 6. The van der Waals surface area contributed by atoms with Crippen molar-refractivity contribution in [2.45, 2.75) is 38.2 Å². The first-order chi connectivity index (χ1) is 10.1. The molecule has 0 aliphatic heterocycles. The van der Waals surface area contributed by atoms with Crippen LogP contribution in [0.4, 0.5) is 5.69 Å². The van der Waals surface area contributed by atoms with E-state index in [1.165, 1.54) is 5.56 Å². The number of nitrogens with one attached hydrogen (secondary N) is 1. The third-order valence-corrected chi connectivity index (χ3v) is 4.71. The zero-order valence-electron chi connectivity index (χ0n) is 12.7. The fraction of sp³-hybridized carbons (Fsp3) is 0.353. The highest BCUT2D eigenvalue weighted by Crippen LogP contribution is 2.23. The number of benzene rings is 1. The van der Waals surface area contributed by atoms with E-state index in [9.17, 15) is 4.79 Å². The summed E-state index contributed by atoms with van der Waals surface area (Å²) >= 11 is 1.61. The third kappa shape index (κ3) is 4.39. The molecule has 0 spiro atoms. The molecule has 0 aliphatic carbocycles. The maximum Gasteiger partial charge on any atom is 0.237 e. The summed E-state index contributed by atoms with van der Waals surface area (Å²) in [5.41, 5.74) is 3.18. The predicted octanol–water partition coefficient (Wildman–Crippen LogP) is 4.55. The monoisotopic (exact) mass is 303 g/mol. The van der Waals surface area contributed by atoms with Gasteiger partial charge in [-0.15, -0.1) is 11.8 Å². The van der Waals surface area contributed by atoms with Crippen LogP contribution in [0.2, 0.25) is 0 Å². The molecule has 0 aliphatic rings. The Hall–Kier alpha value is -1.68. The van der Waals surface area contributed by atoms with Crippen molar-refractivity contribution in [1.29, 1.82) is 0 Å². The fourth-order valence-electron chi connectivity index (χ4n) is 2.12. The van der Waals surface area contributed by atoms with E-state index in [2.05, 4.69) is 11.4 Å². The summed E-state index contributed by atoms with van der Waals surface area (Å²) in [4.78, 5) is 12.4. The van der Waals surface area contributed by atoms with E-state index in [1.54, 1.807) is 18.0 Å². The lowest BCUT2D eigenvalue weighted by atomic mass is 10.1. The lowest BCUT2D eigenvalue weighted by molar-refractivity contribution is -0.115. The maximum absolute atomic E-state index is 12.4. The molecule has 21 heavy (non-hydrogen) atoms. The van der Waals surface area contributed by atoms with Crippen LogP contribution in [0.5, 0.6) is 0 Å². The minimum Gasteiger partial charge on any atom is -0.468 e. The third-order valence-electron chi connectivity index (χ3n) is 3.31. The van der Waals surface area contributed by atoms with Gasteiger partial charge in [-0.2, -0.15) is 0 Å². The summed E-state index contributed by atoms with van der Waals surface area (Å²) in [6.07, 6.45) is 2.45. The number of hydrogen-bond donors (Lipinski definition) is 1. The van der Waals surface area contributed by atoms with Gasteiger partial charge in [0.25, 0.3) is 0 Å². The molecule has 112 valence electrons. The molecule has 1 unspecified atom stereocenters. The molecule has 0 saturated heterocycles. The smallest absolute Gasteiger partial charge is 0.237 e. The zero-order chi connectivity index (χ0) is 15.2. The molecule has 1 heterocycles. The quantitative estimate of drug-likeness (QED) is 0.851. The van der Waals surface area contributed by atoms with Gasteiger partial charge in [0.15, 0.2) is 0 Å². The molecule has 2 aromatic rings. The Morgan fingerprint density at radius 1 is 1.33 bits per heavy atom. The van der Waals surface area contributed by atoms with Crippen molar-refractivity contribution in [3.8, 4) is 0 Å². The van der Waals surface area contributed by atoms with Crippen LogP contribution in [0.3, 0.4) is 0 Å². The van der Waals surface area contributed by atoms with Crippen molar-refractivity contribution in [3.05, 3.63) is 53.5 Å². The van der Waals surface area contributed by atoms with Gasteiger partial charge in [-0.05, 0) is 44.0 Å². The van der Waals surface area contributed by atoms with Crippen LogP contribution in [-0.2, 0) is 10.5 Å². The average molecular weight is 303 g/mol. The first kappa shape index (κ1) is 15.7. The summed E-state index contributed by atoms with van der Waals surface area (Å²) in [5.74, 6) is 1.67. The number of hydrogen-bond acceptors (Lipinski definition) is 3. The van der Waals surface area contributed by atoms with E-state index < -0.39 is 0 Å². The average Bonchev–Trinajstić information content (AvgIpc) is 2.96. The number of aryl methyl sites for hydroxylation is 2. The molecule has 0 fully saturated rings. The normalized spacial score (nSPS) is 12.1. The van der Waals surface area contributed by atoms with Crippen molar-refractivity contribution >= 4 is 23.4 Å². The van der Waals surface area contributed by atoms with Crippen molar-refractivity contribution in [1.82, 2.24) is 0 Å². The number of furan rings is 1. The molecule has 4 heteroatoms. The highest BCUT2D eigenvalue weighted by Gasteiger charge is 2.18. The van der Waals surface area contributed by atoms with Crippen molar-refractivity contribution in [2.75, 3.05) is 5.32 Å². The van der Waals surface area contributed by atoms with E-state index in [-0.39, 0.29) is 11.2 Å². The first-order valence-corrected chi connectivity index (χ1v) is 8.17. The van der Waals surface area contributed by atoms with E-state index >= 15 is 0 Å². The van der Waals surface area contributed by atoms with Crippen LogP contribution < -0.4 is 5.32 Å². The van der Waals surface area contributed by atoms with Crippen LogP contribution in [-0.4, -0.2) is 11.2 Å². The highest BCUT2D eigenvalue weighted by molar-refractivity contribution is 7.99. The molecule has 0 saturated carbocycles. The molecule has 1 amide bonds. The molecule has 0 bridgehead atoms. The van der Waals surface area contributed by atoms with Crippen molar-refractivity contribution in [2.24, 2.45) is 0 Å². The van der Waals surface area contributed by atoms with Gasteiger partial charge in [0, 0.05) is 5.69 Å². The number of carbonyl (C=O) groups excluding carboxylic acids is 1. The Labute approximate surface area is 130 Å². The lowest BCUT2D eigenvalue weighted by Gasteiger charge is -2.15. The first-order valence-electron chi connectivity index (χ1n) is 7.12. The minimum absolute atomic E-state index is 0.0565. The second kappa shape index (κ2) is 7.36. The standard InChI is InChI=1S/C17H21NO2S/c1-4-16(21-11-14-6-5-9-20-14)17(19)18-15-8-7-12(2)10-13(15)3/h5-10,16H,4,11H2,1-3H3,(H,18,19). The van der Waals surface area contributed by atoms with Gasteiger partial charge in [-0.1, -0.05) is 24.6 Å². The Kier molecular flexibility index (Phi) is 5.51. The summed E-state index contributed by atoms with van der Waals surface area (Å²) in [5, 5.41) is 2.95. The molecule has 1 aromatic heterocycles. The van der Waals surface area contributed by atoms with Gasteiger partial charge in [0.05, 0.1) is 17.3 Å². The van der Waals surface area contributed by atoms with Gasteiger partial charge < -0.3 is 9.73 Å². The highest BCUT2D eigenvalue weighted by atomic mass is 32.2. The van der Waals surface area contributed by atoms with Crippen molar-refractivity contribution < 1.29 is 9.21 Å². The number of anilines is 1. The molecule has 0 radical (unpaired) electrons. The molecule has 1 aromatic carbocycles.